The molecule has 3 aliphatic carbocycles. The van der Waals surface area contributed by atoms with E-state index in [4.69, 9.17) is 5.11 Å². The predicted molar refractivity (Wildman–Crippen MR) is 100 cm³/mol. The zero-order valence-corrected chi connectivity index (χ0v) is 16.0. The van der Waals surface area contributed by atoms with Crippen LogP contribution in [0.3, 0.4) is 0 Å². The summed E-state index contributed by atoms with van der Waals surface area (Å²) in [6.07, 6.45) is 8.46. The quantitative estimate of drug-likeness (QED) is 0.606. The number of hydrogen-bond donors (Lipinski definition) is 2. The van der Waals surface area contributed by atoms with Crippen LogP contribution in [0.2, 0.25) is 0 Å². The summed E-state index contributed by atoms with van der Waals surface area (Å²) in [5.74, 6) is 1.01. The molecule has 3 aliphatic rings. The van der Waals surface area contributed by atoms with Crippen molar-refractivity contribution in [2.45, 2.75) is 68.7 Å². The van der Waals surface area contributed by atoms with Crippen LogP contribution in [0.5, 0.6) is 0 Å². The minimum Gasteiger partial charge on any atom is -0.481 e. The molecule has 5 nitrogen and oxygen atoms in total. The van der Waals surface area contributed by atoms with E-state index in [1.807, 2.05) is 6.07 Å². The van der Waals surface area contributed by atoms with Crippen molar-refractivity contribution in [1.29, 1.82) is 0 Å². The SMILES string of the molecule is O=C(O)CCCCCCC1C2CC(C2)CC1NS(=O)(=O)c1ccccc1. The largest absolute Gasteiger partial charge is 0.481 e. The van der Waals surface area contributed by atoms with Gasteiger partial charge in [0.1, 0.15) is 0 Å². The van der Waals surface area contributed by atoms with Gasteiger partial charge in [0.2, 0.25) is 10.0 Å². The Balaban J connectivity index is 1.53. The van der Waals surface area contributed by atoms with Gasteiger partial charge in [-0.25, -0.2) is 13.1 Å². The van der Waals surface area contributed by atoms with Crippen LogP contribution < -0.4 is 4.72 Å². The smallest absolute Gasteiger partial charge is 0.303 e. The number of nitrogens with one attached hydrogen (secondary N) is 1. The highest BCUT2D eigenvalue weighted by Gasteiger charge is 2.46. The van der Waals surface area contributed by atoms with Gasteiger partial charge in [-0.1, -0.05) is 37.5 Å². The van der Waals surface area contributed by atoms with E-state index < -0.39 is 16.0 Å². The van der Waals surface area contributed by atoms with Crippen LogP contribution >= 0.6 is 0 Å². The lowest BCUT2D eigenvalue weighted by Gasteiger charge is -2.51. The highest BCUT2D eigenvalue weighted by atomic mass is 32.2. The summed E-state index contributed by atoms with van der Waals surface area (Å²) < 4.78 is 28.3. The van der Waals surface area contributed by atoms with Crippen molar-refractivity contribution in [3.8, 4) is 0 Å². The molecule has 1 aromatic rings. The van der Waals surface area contributed by atoms with Crippen LogP contribution in [0.25, 0.3) is 0 Å². The Bertz CT molecular complexity index is 698. The highest BCUT2D eigenvalue weighted by molar-refractivity contribution is 7.89. The van der Waals surface area contributed by atoms with Crippen molar-refractivity contribution in [2.75, 3.05) is 0 Å². The van der Waals surface area contributed by atoms with E-state index in [1.165, 1.54) is 12.8 Å². The number of carboxylic acids is 1. The van der Waals surface area contributed by atoms with E-state index in [0.717, 1.165) is 38.5 Å². The van der Waals surface area contributed by atoms with E-state index in [2.05, 4.69) is 4.72 Å². The van der Waals surface area contributed by atoms with Crippen LogP contribution in [-0.2, 0) is 14.8 Å². The Hall–Kier alpha value is -1.40. The molecule has 2 bridgehead atoms. The van der Waals surface area contributed by atoms with Gasteiger partial charge in [-0.05, 0) is 62.0 Å². The number of hydrogen-bond acceptors (Lipinski definition) is 3. The van der Waals surface area contributed by atoms with Crippen LogP contribution in [0, 0.1) is 17.8 Å². The lowest BCUT2D eigenvalue weighted by Crippen LogP contribution is -2.52. The molecular weight excluding hydrogens is 350 g/mol. The van der Waals surface area contributed by atoms with Gasteiger partial charge in [-0.3, -0.25) is 4.79 Å². The zero-order chi connectivity index (χ0) is 18.6. The molecule has 3 fully saturated rings. The first-order valence-electron chi connectivity index (χ1n) is 9.75. The third kappa shape index (κ3) is 4.86. The average Bonchev–Trinajstić information content (AvgIpc) is 2.58. The fourth-order valence-electron chi connectivity index (χ4n) is 4.64. The highest BCUT2D eigenvalue weighted by Crippen LogP contribution is 2.50. The molecule has 4 rings (SSSR count). The van der Waals surface area contributed by atoms with Gasteiger partial charge in [0.15, 0.2) is 0 Å². The molecule has 0 amide bonds. The van der Waals surface area contributed by atoms with Crippen LogP contribution in [0.1, 0.15) is 57.8 Å². The van der Waals surface area contributed by atoms with Gasteiger partial charge < -0.3 is 5.11 Å². The summed E-state index contributed by atoms with van der Waals surface area (Å²) in [5, 5.41) is 8.69. The first kappa shape index (κ1) is 19.4. The summed E-state index contributed by atoms with van der Waals surface area (Å²) >= 11 is 0. The monoisotopic (exact) mass is 379 g/mol. The van der Waals surface area contributed by atoms with Gasteiger partial charge in [0, 0.05) is 12.5 Å². The number of carboxylic acid groups (broad SMARTS) is 1. The predicted octanol–water partition coefficient (Wildman–Crippen LogP) is 3.80. The van der Waals surface area contributed by atoms with E-state index in [0.29, 0.717) is 22.6 Å². The molecule has 2 unspecified atom stereocenters. The molecule has 0 radical (unpaired) electrons. The standard InChI is InChI=1S/C20H29NO4S/c22-20(23)11-7-2-1-6-10-18-16-12-15(13-16)14-19(18)21-26(24,25)17-8-4-3-5-9-17/h3-5,8-9,15-16,18-19,21H,1-2,6-7,10-14H2,(H,22,23). The third-order valence-corrected chi connectivity index (χ3v) is 7.53. The molecule has 1 aromatic carbocycles. The van der Waals surface area contributed by atoms with Gasteiger partial charge >= 0.3 is 5.97 Å². The van der Waals surface area contributed by atoms with Crippen molar-refractivity contribution in [3.05, 3.63) is 30.3 Å². The van der Waals surface area contributed by atoms with Crippen molar-refractivity contribution in [2.24, 2.45) is 17.8 Å². The van der Waals surface area contributed by atoms with Crippen LogP contribution in [0.15, 0.2) is 35.2 Å². The number of aliphatic carboxylic acids is 1. The minimum absolute atomic E-state index is 0.0386. The van der Waals surface area contributed by atoms with E-state index >= 15 is 0 Å². The van der Waals surface area contributed by atoms with Gasteiger partial charge in [-0.2, -0.15) is 0 Å². The molecule has 0 aliphatic heterocycles. The second kappa shape index (κ2) is 8.53. The average molecular weight is 380 g/mol. The first-order valence-corrected chi connectivity index (χ1v) is 11.2. The lowest BCUT2D eigenvalue weighted by molar-refractivity contribution is -0.137. The fourth-order valence-corrected chi connectivity index (χ4v) is 5.96. The van der Waals surface area contributed by atoms with Crippen molar-refractivity contribution < 1.29 is 18.3 Å². The number of sulfonamides is 1. The molecule has 0 spiro atoms. The number of rotatable bonds is 10. The number of carbonyl (C=O) groups is 1. The molecule has 144 valence electrons. The summed E-state index contributed by atoms with van der Waals surface area (Å²) in [6.45, 7) is 0. The maximum absolute atomic E-state index is 12.7. The van der Waals surface area contributed by atoms with E-state index in [-0.39, 0.29) is 12.5 Å². The molecule has 0 heterocycles. The number of benzene rings is 1. The Labute approximate surface area is 156 Å². The van der Waals surface area contributed by atoms with E-state index in [9.17, 15) is 13.2 Å². The Morgan fingerprint density at radius 3 is 2.42 bits per heavy atom. The molecule has 2 atom stereocenters. The fraction of sp³-hybridized carbons (Fsp3) is 0.650. The Morgan fingerprint density at radius 2 is 1.73 bits per heavy atom. The second-order valence-corrected chi connectivity index (χ2v) is 9.60. The summed E-state index contributed by atoms with van der Waals surface area (Å²) in [6, 6.07) is 8.65. The van der Waals surface area contributed by atoms with Crippen molar-refractivity contribution in [1.82, 2.24) is 4.72 Å². The van der Waals surface area contributed by atoms with Gasteiger partial charge in [-0.15, -0.1) is 0 Å². The van der Waals surface area contributed by atoms with Crippen molar-refractivity contribution >= 4 is 16.0 Å². The molecular formula is C20H29NO4S. The molecule has 26 heavy (non-hydrogen) atoms. The van der Waals surface area contributed by atoms with Gasteiger partial charge in [0.25, 0.3) is 0 Å². The number of unbranched alkanes of at least 4 members (excludes halogenated alkanes) is 3. The summed E-state index contributed by atoms with van der Waals surface area (Å²) in [4.78, 5) is 10.9. The zero-order valence-electron chi connectivity index (χ0n) is 15.1. The molecule has 3 saturated carbocycles. The maximum Gasteiger partial charge on any atom is 0.303 e. The second-order valence-electron chi connectivity index (χ2n) is 7.88. The van der Waals surface area contributed by atoms with Gasteiger partial charge in [0.05, 0.1) is 4.90 Å². The summed E-state index contributed by atoms with van der Waals surface area (Å²) in [7, 11) is -3.46. The van der Waals surface area contributed by atoms with E-state index in [1.54, 1.807) is 24.3 Å². The molecule has 0 saturated heterocycles. The Kier molecular flexibility index (Phi) is 6.35. The van der Waals surface area contributed by atoms with Crippen LogP contribution in [0.4, 0.5) is 0 Å². The van der Waals surface area contributed by atoms with Crippen molar-refractivity contribution in [3.63, 3.8) is 0 Å². The topological polar surface area (TPSA) is 83.5 Å². The molecule has 0 aromatic heterocycles. The lowest BCUT2D eigenvalue weighted by atomic mass is 9.57. The van der Waals surface area contributed by atoms with Crippen LogP contribution in [-0.4, -0.2) is 25.5 Å². The molecule has 6 heteroatoms. The maximum atomic E-state index is 12.7. The third-order valence-electron chi connectivity index (χ3n) is 6.02. The number of fused-ring (bicyclic) bond motifs is 2. The first-order chi connectivity index (χ1) is 12.5. The minimum atomic E-state index is -3.46. The normalized spacial score (nSPS) is 27.7. The Morgan fingerprint density at radius 1 is 1.04 bits per heavy atom. The molecule has 2 N–H and O–H groups in total. The summed E-state index contributed by atoms with van der Waals surface area (Å²) in [5.41, 5.74) is 0.